The highest BCUT2D eigenvalue weighted by Crippen LogP contribution is 2.28. The molecule has 0 radical (unpaired) electrons. The first-order valence-electron chi connectivity index (χ1n) is 9.25. The van der Waals surface area contributed by atoms with Gasteiger partial charge in [-0.15, -0.1) is 0 Å². The van der Waals surface area contributed by atoms with Crippen LogP contribution in [0.25, 0.3) is 0 Å². The number of rotatable bonds is 8. The van der Waals surface area contributed by atoms with Gasteiger partial charge < -0.3 is 9.64 Å². The molecular formula is C20H33NO. The fourth-order valence-corrected chi connectivity index (χ4v) is 3.22. The summed E-state index contributed by atoms with van der Waals surface area (Å²) in [6.07, 6.45) is 9.20. The molecule has 2 rings (SSSR count). The summed E-state index contributed by atoms with van der Waals surface area (Å²) in [6.45, 7) is 9.22. The first-order chi connectivity index (χ1) is 10.8. The molecule has 1 heterocycles. The topological polar surface area (TPSA) is 12.5 Å². The number of ether oxygens (including phenoxy) is 1. The summed E-state index contributed by atoms with van der Waals surface area (Å²) in [6, 6.07) is 8.53. The lowest BCUT2D eigenvalue weighted by Crippen LogP contribution is -2.25. The summed E-state index contributed by atoms with van der Waals surface area (Å²) in [7, 11) is 0. The van der Waals surface area contributed by atoms with E-state index in [4.69, 9.17) is 4.74 Å². The van der Waals surface area contributed by atoms with Crippen LogP contribution in [0.5, 0.6) is 5.75 Å². The van der Waals surface area contributed by atoms with Gasteiger partial charge in [-0.3, -0.25) is 0 Å². The summed E-state index contributed by atoms with van der Waals surface area (Å²) in [5, 5.41) is 0. The van der Waals surface area contributed by atoms with Crippen LogP contribution in [0.4, 0.5) is 0 Å². The van der Waals surface area contributed by atoms with E-state index in [1.165, 1.54) is 57.3 Å². The summed E-state index contributed by atoms with van der Waals surface area (Å²) >= 11 is 0. The Kier molecular flexibility index (Phi) is 7.79. The molecule has 0 amide bonds. The van der Waals surface area contributed by atoms with Crippen molar-refractivity contribution in [3.05, 3.63) is 29.8 Å². The number of benzene rings is 1. The fourth-order valence-electron chi connectivity index (χ4n) is 3.22. The molecule has 1 aliphatic rings. The monoisotopic (exact) mass is 303 g/mol. The molecule has 1 aromatic carbocycles. The van der Waals surface area contributed by atoms with E-state index in [1.54, 1.807) is 0 Å². The molecule has 0 unspecified atom stereocenters. The molecule has 22 heavy (non-hydrogen) atoms. The number of nitrogens with zero attached hydrogens (tertiary/aromatic N) is 1. The van der Waals surface area contributed by atoms with Crippen molar-refractivity contribution in [2.45, 2.75) is 64.7 Å². The van der Waals surface area contributed by atoms with Crippen LogP contribution in [0.1, 0.15) is 70.3 Å². The van der Waals surface area contributed by atoms with Gasteiger partial charge in [0.15, 0.2) is 0 Å². The molecule has 1 saturated heterocycles. The highest BCUT2D eigenvalue weighted by Gasteiger charge is 2.10. The first kappa shape index (κ1) is 17.3. The van der Waals surface area contributed by atoms with Gasteiger partial charge in [-0.2, -0.15) is 0 Å². The van der Waals surface area contributed by atoms with Crippen molar-refractivity contribution in [2.24, 2.45) is 0 Å². The van der Waals surface area contributed by atoms with E-state index in [0.717, 1.165) is 25.2 Å². The lowest BCUT2D eigenvalue weighted by molar-refractivity contribution is 0.255. The zero-order valence-electron chi connectivity index (χ0n) is 14.5. The highest BCUT2D eigenvalue weighted by atomic mass is 16.5. The van der Waals surface area contributed by atoms with Crippen LogP contribution >= 0.6 is 0 Å². The van der Waals surface area contributed by atoms with Crippen molar-refractivity contribution in [1.29, 1.82) is 0 Å². The second-order valence-electron chi connectivity index (χ2n) is 6.66. The van der Waals surface area contributed by atoms with Gasteiger partial charge in [-0.05, 0) is 69.3 Å². The lowest BCUT2D eigenvalue weighted by Gasteiger charge is -2.20. The Morgan fingerprint density at radius 2 is 1.77 bits per heavy atom. The summed E-state index contributed by atoms with van der Waals surface area (Å²) < 4.78 is 6.06. The Bertz CT molecular complexity index is 410. The smallest absolute Gasteiger partial charge is 0.122 e. The van der Waals surface area contributed by atoms with E-state index in [2.05, 4.69) is 43.0 Å². The van der Waals surface area contributed by atoms with Crippen molar-refractivity contribution < 1.29 is 4.74 Å². The molecule has 1 atom stereocenters. The number of unbranched alkanes of at least 4 members (excludes halogenated alkanes) is 1. The molecule has 2 nitrogen and oxygen atoms in total. The Hall–Kier alpha value is -1.02. The molecule has 0 aromatic heterocycles. The van der Waals surface area contributed by atoms with E-state index in [0.29, 0.717) is 5.92 Å². The second-order valence-corrected chi connectivity index (χ2v) is 6.66. The van der Waals surface area contributed by atoms with Gasteiger partial charge >= 0.3 is 0 Å². The SMILES string of the molecule is CC[C@@H](C)c1ccccc1OCCCCN1CCCCCC1. The minimum absolute atomic E-state index is 0.577. The zero-order valence-corrected chi connectivity index (χ0v) is 14.5. The van der Waals surface area contributed by atoms with Gasteiger partial charge in [0.2, 0.25) is 0 Å². The van der Waals surface area contributed by atoms with Crippen molar-refractivity contribution in [3.8, 4) is 5.75 Å². The maximum Gasteiger partial charge on any atom is 0.122 e. The van der Waals surface area contributed by atoms with Crippen LogP contribution in [-0.2, 0) is 0 Å². The quantitative estimate of drug-likeness (QED) is 0.609. The Morgan fingerprint density at radius 3 is 2.50 bits per heavy atom. The predicted molar refractivity (Wildman–Crippen MR) is 94.8 cm³/mol. The van der Waals surface area contributed by atoms with Crippen LogP contribution in [-0.4, -0.2) is 31.1 Å². The molecule has 1 aliphatic heterocycles. The van der Waals surface area contributed by atoms with Gasteiger partial charge in [0.25, 0.3) is 0 Å². The minimum Gasteiger partial charge on any atom is -0.493 e. The molecule has 0 spiro atoms. The minimum atomic E-state index is 0.577. The van der Waals surface area contributed by atoms with Gasteiger partial charge in [-0.1, -0.05) is 44.9 Å². The van der Waals surface area contributed by atoms with Crippen molar-refractivity contribution in [1.82, 2.24) is 4.90 Å². The van der Waals surface area contributed by atoms with Crippen LogP contribution in [0, 0.1) is 0 Å². The largest absolute Gasteiger partial charge is 0.493 e. The van der Waals surface area contributed by atoms with Crippen molar-refractivity contribution in [3.63, 3.8) is 0 Å². The van der Waals surface area contributed by atoms with E-state index in [1.807, 2.05) is 0 Å². The van der Waals surface area contributed by atoms with E-state index in [9.17, 15) is 0 Å². The third kappa shape index (κ3) is 5.64. The summed E-state index contributed by atoms with van der Waals surface area (Å²) in [4.78, 5) is 2.64. The molecule has 0 aliphatic carbocycles. The fraction of sp³-hybridized carbons (Fsp3) is 0.700. The second kappa shape index (κ2) is 9.89. The van der Waals surface area contributed by atoms with Crippen LogP contribution in [0.15, 0.2) is 24.3 Å². The molecular weight excluding hydrogens is 270 g/mol. The van der Waals surface area contributed by atoms with Crippen LogP contribution in [0.3, 0.4) is 0 Å². The molecule has 0 saturated carbocycles. The third-order valence-corrected chi connectivity index (χ3v) is 4.89. The molecule has 1 fully saturated rings. The lowest BCUT2D eigenvalue weighted by atomic mass is 9.98. The molecule has 1 aromatic rings. The van der Waals surface area contributed by atoms with Gasteiger partial charge in [0.1, 0.15) is 5.75 Å². The van der Waals surface area contributed by atoms with E-state index < -0.39 is 0 Å². The summed E-state index contributed by atoms with van der Waals surface area (Å²) in [5.74, 6) is 1.67. The Morgan fingerprint density at radius 1 is 1.05 bits per heavy atom. The maximum atomic E-state index is 6.06. The van der Waals surface area contributed by atoms with E-state index in [-0.39, 0.29) is 0 Å². The number of likely N-dealkylation sites (tertiary alicyclic amines) is 1. The van der Waals surface area contributed by atoms with Gasteiger partial charge in [0, 0.05) is 0 Å². The van der Waals surface area contributed by atoms with E-state index >= 15 is 0 Å². The van der Waals surface area contributed by atoms with Crippen LogP contribution in [0.2, 0.25) is 0 Å². The number of para-hydroxylation sites is 1. The molecule has 124 valence electrons. The van der Waals surface area contributed by atoms with Crippen molar-refractivity contribution in [2.75, 3.05) is 26.2 Å². The first-order valence-corrected chi connectivity index (χ1v) is 9.25. The van der Waals surface area contributed by atoms with Gasteiger partial charge in [-0.25, -0.2) is 0 Å². The average molecular weight is 303 g/mol. The average Bonchev–Trinajstić information content (AvgIpc) is 2.83. The standard InChI is InChI=1S/C20H33NO/c1-3-18(2)19-12-6-7-13-20(19)22-17-11-10-16-21-14-8-4-5-9-15-21/h6-7,12-13,18H,3-5,8-11,14-17H2,1-2H3/t18-/m1/s1. The van der Waals surface area contributed by atoms with Crippen LogP contribution < -0.4 is 4.74 Å². The zero-order chi connectivity index (χ0) is 15.6. The molecule has 0 N–H and O–H groups in total. The molecule has 0 bridgehead atoms. The predicted octanol–water partition coefficient (Wildman–Crippen LogP) is 5.24. The maximum absolute atomic E-state index is 6.06. The normalized spacial score (nSPS) is 17.9. The highest BCUT2D eigenvalue weighted by molar-refractivity contribution is 5.35. The number of hydrogen-bond acceptors (Lipinski definition) is 2. The third-order valence-electron chi connectivity index (χ3n) is 4.89. The number of hydrogen-bond donors (Lipinski definition) is 0. The van der Waals surface area contributed by atoms with Crippen molar-refractivity contribution >= 4 is 0 Å². The van der Waals surface area contributed by atoms with Gasteiger partial charge in [0.05, 0.1) is 6.61 Å². The Balaban J connectivity index is 1.68. The molecule has 2 heteroatoms. The summed E-state index contributed by atoms with van der Waals surface area (Å²) in [5.41, 5.74) is 1.36. The Labute approximate surface area is 136 Å².